The van der Waals surface area contributed by atoms with Crippen molar-refractivity contribution in [3.63, 3.8) is 0 Å². The molecule has 1 N–H and O–H groups in total. The van der Waals surface area contributed by atoms with Crippen LogP contribution in [0.1, 0.15) is 21.5 Å². The standard InChI is InChI=1S/C21H16ClN3O2S/c1-12-3-6-14(7-4-12)18-11-28-21-23-10-16(20(27)25(18)21)19(26)24-15-8-5-13(2)17(22)9-15/h3-11H,1-2H3,(H,24,26). The van der Waals surface area contributed by atoms with Gasteiger partial charge in [0.05, 0.1) is 5.69 Å². The Bertz CT molecular complexity index is 1260. The van der Waals surface area contributed by atoms with Crippen molar-refractivity contribution in [3.8, 4) is 11.3 Å². The van der Waals surface area contributed by atoms with Gasteiger partial charge in [-0.2, -0.15) is 0 Å². The van der Waals surface area contributed by atoms with Crippen LogP contribution < -0.4 is 10.9 Å². The monoisotopic (exact) mass is 409 g/mol. The van der Waals surface area contributed by atoms with Gasteiger partial charge < -0.3 is 5.32 Å². The number of aromatic nitrogens is 2. The smallest absolute Gasteiger partial charge is 0.271 e. The number of fused-ring (bicyclic) bond motifs is 1. The normalized spacial score (nSPS) is 11.0. The highest BCUT2D eigenvalue weighted by atomic mass is 35.5. The molecule has 4 aromatic rings. The Balaban J connectivity index is 1.75. The number of hydrogen-bond donors (Lipinski definition) is 1. The van der Waals surface area contributed by atoms with Crippen molar-refractivity contribution in [2.45, 2.75) is 13.8 Å². The maximum atomic E-state index is 13.0. The Labute approximate surface area is 170 Å². The van der Waals surface area contributed by atoms with Crippen molar-refractivity contribution in [1.82, 2.24) is 9.38 Å². The zero-order valence-corrected chi connectivity index (χ0v) is 16.8. The fourth-order valence-electron chi connectivity index (χ4n) is 2.84. The molecule has 0 atom stereocenters. The first-order chi connectivity index (χ1) is 13.4. The van der Waals surface area contributed by atoms with Crippen LogP contribution in [0, 0.1) is 13.8 Å². The van der Waals surface area contributed by atoms with Crippen molar-refractivity contribution in [2.24, 2.45) is 0 Å². The average molecular weight is 410 g/mol. The van der Waals surface area contributed by atoms with Crippen molar-refractivity contribution in [3.05, 3.63) is 86.1 Å². The molecule has 5 nitrogen and oxygen atoms in total. The minimum absolute atomic E-state index is 0.0269. The van der Waals surface area contributed by atoms with E-state index in [4.69, 9.17) is 11.6 Å². The summed E-state index contributed by atoms with van der Waals surface area (Å²) in [5.74, 6) is -0.520. The Kier molecular flexibility index (Phi) is 4.75. The van der Waals surface area contributed by atoms with Crippen LogP contribution in [0.2, 0.25) is 5.02 Å². The Morgan fingerprint density at radius 1 is 1.14 bits per heavy atom. The predicted octanol–water partition coefficient (Wildman–Crippen LogP) is 4.95. The first-order valence-corrected chi connectivity index (χ1v) is 9.83. The predicted molar refractivity (Wildman–Crippen MR) is 114 cm³/mol. The number of thiazole rings is 1. The molecule has 2 aromatic carbocycles. The molecule has 0 bridgehead atoms. The number of carbonyl (C=O) groups excluding carboxylic acids is 1. The number of carbonyl (C=O) groups is 1. The first kappa shape index (κ1) is 18.4. The van der Waals surface area contributed by atoms with Gasteiger partial charge in [0, 0.05) is 22.3 Å². The molecule has 2 aromatic heterocycles. The van der Waals surface area contributed by atoms with Gasteiger partial charge in [0.25, 0.3) is 11.5 Å². The highest BCUT2D eigenvalue weighted by Crippen LogP contribution is 2.24. The molecule has 140 valence electrons. The summed E-state index contributed by atoms with van der Waals surface area (Å²) in [5, 5.41) is 5.13. The van der Waals surface area contributed by atoms with E-state index in [2.05, 4.69) is 10.3 Å². The zero-order chi connectivity index (χ0) is 19.8. The van der Waals surface area contributed by atoms with Crippen LogP contribution in [0.4, 0.5) is 5.69 Å². The van der Waals surface area contributed by atoms with Gasteiger partial charge in [-0.1, -0.05) is 47.5 Å². The van der Waals surface area contributed by atoms with E-state index in [9.17, 15) is 9.59 Å². The number of hydrogen-bond acceptors (Lipinski definition) is 4. The largest absolute Gasteiger partial charge is 0.322 e. The van der Waals surface area contributed by atoms with Gasteiger partial charge >= 0.3 is 0 Å². The molecule has 0 saturated carbocycles. The molecular weight excluding hydrogens is 394 g/mol. The van der Waals surface area contributed by atoms with E-state index in [0.29, 0.717) is 21.4 Å². The lowest BCUT2D eigenvalue weighted by molar-refractivity contribution is 0.102. The van der Waals surface area contributed by atoms with Crippen molar-refractivity contribution in [2.75, 3.05) is 5.32 Å². The molecule has 1 amide bonds. The number of halogens is 1. The summed E-state index contributed by atoms with van der Waals surface area (Å²) < 4.78 is 1.48. The summed E-state index contributed by atoms with van der Waals surface area (Å²) in [5.41, 5.74) is 3.73. The number of nitrogens with one attached hydrogen (secondary N) is 1. The summed E-state index contributed by atoms with van der Waals surface area (Å²) in [7, 11) is 0. The maximum absolute atomic E-state index is 13.0. The van der Waals surface area contributed by atoms with E-state index >= 15 is 0 Å². The van der Waals surface area contributed by atoms with Crippen LogP contribution >= 0.6 is 22.9 Å². The maximum Gasteiger partial charge on any atom is 0.271 e. The van der Waals surface area contributed by atoms with Gasteiger partial charge in [0.15, 0.2) is 4.96 Å². The summed E-state index contributed by atoms with van der Waals surface area (Å²) in [4.78, 5) is 30.6. The second-order valence-corrected chi connectivity index (χ2v) is 7.74. The molecule has 0 fully saturated rings. The minimum Gasteiger partial charge on any atom is -0.322 e. The Hall–Kier alpha value is -2.96. The molecule has 7 heteroatoms. The Morgan fingerprint density at radius 2 is 1.89 bits per heavy atom. The molecule has 0 unspecified atom stereocenters. The third kappa shape index (κ3) is 3.32. The lowest BCUT2D eigenvalue weighted by Gasteiger charge is -2.07. The minimum atomic E-state index is -0.520. The Morgan fingerprint density at radius 3 is 2.61 bits per heavy atom. The van der Waals surface area contributed by atoms with E-state index in [1.807, 2.05) is 43.5 Å². The van der Waals surface area contributed by atoms with Crippen molar-refractivity contribution >= 4 is 39.5 Å². The molecule has 0 radical (unpaired) electrons. The molecule has 0 aliphatic rings. The topological polar surface area (TPSA) is 63.5 Å². The molecule has 28 heavy (non-hydrogen) atoms. The SMILES string of the molecule is Cc1ccc(-c2csc3ncc(C(=O)Nc4ccc(C)c(Cl)c4)c(=O)n23)cc1. The van der Waals surface area contributed by atoms with Gasteiger partial charge in [-0.05, 0) is 37.1 Å². The first-order valence-electron chi connectivity index (χ1n) is 8.58. The molecule has 0 aliphatic carbocycles. The average Bonchev–Trinajstić information content (AvgIpc) is 3.10. The molecule has 0 saturated heterocycles. The lowest BCUT2D eigenvalue weighted by Crippen LogP contribution is -2.26. The molecule has 4 rings (SSSR count). The van der Waals surface area contributed by atoms with Crippen molar-refractivity contribution in [1.29, 1.82) is 0 Å². The van der Waals surface area contributed by atoms with Gasteiger partial charge in [-0.3, -0.25) is 14.0 Å². The van der Waals surface area contributed by atoms with E-state index < -0.39 is 11.5 Å². The van der Waals surface area contributed by atoms with E-state index in [1.165, 1.54) is 21.9 Å². The van der Waals surface area contributed by atoms with Crippen LogP contribution in [-0.4, -0.2) is 15.3 Å². The second-order valence-electron chi connectivity index (χ2n) is 6.50. The summed E-state index contributed by atoms with van der Waals surface area (Å²) in [6.07, 6.45) is 1.32. The van der Waals surface area contributed by atoms with E-state index in [0.717, 1.165) is 16.7 Å². The molecule has 2 heterocycles. The number of rotatable bonds is 3. The number of amides is 1. The highest BCUT2D eigenvalue weighted by molar-refractivity contribution is 7.15. The fourth-order valence-corrected chi connectivity index (χ4v) is 3.88. The molecular formula is C21H16ClN3O2S. The van der Waals surface area contributed by atoms with E-state index in [1.54, 1.807) is 18.2 Å². The summed E-state index contributed by atoms with van der Waals surface area (Å²) in [6.45, 7) is 3.88. The molecule has 0 spiro atoms. The van der Waals surface area contributed by atoms with Crippen LogP contribution in [0.3, 0.4) is 0 Å². The third-order valence-electron chi connectivity index (χ3n) is 4.47. The zero-order valence-electron chi connectivity index (χ0n) is 15.2. The van der Waals surface area contributed by atoms with Crippen LogP contribution in [0.15, 0.2) is 58.8 Å². The quantitative estimate of drug-likeness (QED) is 0.521. The van der Waals surface area contributed by atoms with Crippen molar-refractivity contribution < 1.29 is 4.79 Å². The summed E-state index contributed by atoms with van der Waals surface area (Å²) >= 11 is 7.47. The number of aryl methyl sites for hydroxylation is 2. The van der Waals surface area contributed by atoms with E-state index in [-0.39, 0.29) is 5.56 Å². The molecule has 0 aliphatic heterocycles. The number of nitrogens with zero attached hydrogens (tertiary/aromatic N) is 2. The fraction of sp³-hybridized carbons (Fsp3) is 0.0952. The highest BCUT2D eigenvalue weighted by Gasteiger charge is 2.17. The van der Waals surface area contributed by atoms with Crippen LogP contribution in [0.5, 0.6) is 0 Å². The van der Waals surface area contributed by atoms with Crippen LogP contribution in [0.25, 0.3) is 16.2 Å². The van der Waals surface area contributed by atoms with Gasteiger partial charge in [0.2, 0.25) is 0 Å². The number of anilines is 1. The van der Waals surface area contributed by atoms with Gasteiger partial charge in [-0.25, -0.2) is 4.98 Å². The van der Waals surface area contributed by atoms with Gasteiger partial charge in [0.1, 0.15) is 5.56 Å². The third-order valence-corrected chi connectivity index (χ3v) is 5.71. The summed E-state index contributed by atoms with van der Waals surface area (Å²) in [6, 6.07) is 13.1. The van der Waals surface area contributed by atoms with Crippen LogP contribution in [-0.2, 0) is 0 Å². The second kappa shape index (κ2) is 7.22. The number of benzene rings is 2. The lowest BCUT2D eigenvalue weighted by atomic mass is 10.1. The van der Waals surface area contributed by atoms with Gasteiger partial charge in [-0.15, -0.1) is 11.3 Å².